The van der Waals surface area contributed by atoms with Gasteiger partial charge in [-0.1, -0.05) is 53.6 Å². The van der Waals surface area contributed by atoms with Gasteiger partial charge in [-0.25, -0.2) is 9.78 Å². The fourth-order valence-electron chi connectivity index (χ4n) is 3.00. The summed E-state index contributed by atoms with van der Waals surface area (Å²) in [7, 11) is 0. The van der Waals surface area contributed by atoms with E-state index in [0.29, 0.717) is 5.69 Å². The summed E-state index contributed by atoms with van der Waals surface area (Å²) in [4.78, 5) is 16.6. The van der Waals surface area contributed by atoms with Crippen molar-refractivity contribution in [2.45, 2.75) is 59.0 Å². The van der Waals surface area contributed by atoms with Crippen LogP contribution < -0.4 is 0 Å². The Labute approximate surface area is 169 Å². The number of allylic oxidation sites excluding steroid dienone is 3. The first-order chi connectivity index (χ1) is 13.5. The van der Waals surface area contributed by atoms with Crippen LogP contribution in [0.1, 0.15) is 62.5 Å². The quantitative estimate of drug-likeness (QED) is 0.359. The molecule has 0 aliphatic carbocycles. The second kappa shape index (κ2) is 11.9. The summed E-state index contributed by atoms with van der Waals surface area (Å²) in [6.45, 7) is 6.33. The van der Waals surface area contributed by atoms with Crippen LogP contribution in [0.15, 0.2) is 78.0 Å². The summed E-state index contributed by atoms with van der Waals surface area (Å²) in [6, 6.07) is 15.7. The van der Waals surface area contributed by atoms with Gasteiger partial charge >= 0.3 is 5.97 Å². The predicted molar refractivity (Wildman–Crippen MR) is 115 cm³/mol. The molecule has 2 aromatic rings. The zero-order chi connectivity index (χ0) is 20.2. The van der Waals surface area contributed by atoms with Gasteiger partial charge in [0.1, 0.15) is 11.8 Å². The SMILES string of the molecule is CC(C)=CCC/C(C)=C/C(CCCc1ccccc1)OC(=O)c1ccccn1. The Morgan fingerprint density at radius 3 is 2.50 bits per heavy atom. The molecule has 1 unspecified atom stereocenters. The number of carbonyl (C=O) groups excluding carboxylic acids is 1. The molecular formula is C25H31NO2. The van der Waals surface area contributed by atoms with E-state index < -0.39 is 0 Å². The van der Waals surface area contributed by atoms with E-state index in [4.69, 9.17) is 4.74 Å². The minimum atomic E-state index is -0.362. The lowest BCUT2D eigenvalue weighted by Gasteiger charge is -2.16. The molecule has 0 aliphatic rings. The number of carbonyl (C=O) groups is 1. The Hall–Kier alpha value is -2.68. The molecule has 1 aromatic carbocycles. The molecule has 2 rings (SSSR count). The van der Waals surface area contributed by atoms with Crippen LogP contribution in [-0.4, -0.2) is 17.1 Å². The van der Waals surface area contributed by atoms with E-state index in [1.165, 1.54) is 16.7 Å². The van der Waals surface area contributed by atoms with Gasteiger partial charge in [0.2, 0.25) is 0 Å². The third kappa shape index (κ3) is 8.34. The highest BCUT2D eigenvalue weighted by Crippen LogP contribution is 2.16. The monoisotopic (exact) mass is 377 g/mol. The van der Waals surface area contributed by atoms with E-state index >= 15 is 0 Å². The number of aromatic nitrogens is 1. The molecule has 3 heteroatoms. The molecule has 0 amide bonds. The number of esters is 1. The zero-order valence-corrected chi connectivity index (χ0v) is 17.2. The summed E-state index contributed by atoms with van der Waals surface area (Å²) in [6.07, 6.45) is 10.4. The third-order valence-electron chi connectivity index (χ3n) is 4.49. The summed E-state index contributed by atoms with van der Waals surface area (Å²) < 4.78 is 5.78. The van der Waals surface area contributed by atoms with Gasteiger partial charge in [-0.15, -0.1) is 0 Å². The van der Waals surface area contributed by atoms with Crippen molar-refractivity contribution >= 4 is 5.97 Å². The highest BCUT2D eigenvalue weighted by molar-refractivity contribution is 5.87. The van der Waals surface area contributed by atoms with E-state index in [0.717, 1.165) is 32.1 Å². The second-order valence-corrected chi connectivity index (χ2v) is 7.37. The zero-order valence-electron chi connectivity index (χ0n) is 17.2. The molecule has 0 bridgehead atoms. The number of ether oxygens (including phenoxy) is 1. The lowest BCUT2D eigenvalue weighted by atomic mass is 10.0. The van der Waals surface area contributed by atoms with Gasteiger partial charge in [-0.2, -0.15) is 0 Å². The van der Waals surface area contributed by atoms with Crippen molar-refractivity contribution in [3.05, 3.63) is 89.3 Å². The van der Waals surface area contributed by atoms with E-state index in [1.54, 1.807) is 24.4 Å². The maximum absolute atomic E-state index is 12.4. The molecule has 0 radical (unpaired) electrons. The van der Waals surface area contributed by atoms with E-state index in [2.05, 4.69) is 62.2 Å². The van der Waals surface area contributed by atoms with Crippen molar-refractivity contribution in [1.82, 2.24) is 4.98 Å². The maximum Gasteiger partial charge on any atom is 0.357 e. The fraction of sp³-hybridized carbons (Fsp3) is 0.360. The first-order valence-electron chi connectivity index (χ1n) is 10.0. The van der Waals surface area contributed by atoms with Crippen LogP contribution in [0.4, 0.5) is 0 Å². The van der Waals surface area contributed by atoms with Crippen LogP contribution in [0.3, 0.4) is 0 Å². The standard InChI is InChI=1S/C25H31NO2/c1-20(2)11-9-12-21(3)19-23(16-10-15-22-13-5-4-6-14-22)28-25(27)24-17-7-8-18-26-24/h4-8,11,13-14,17-19,23H,9-10,12,15-16H2,1-3H3/b21-19+. The van der Waals surface area contributed by atoms with Gasteiger partial charge in [0, 0.05) is 6.20 Å². The van der Waals surface area contributed by atoms with Crippen molar-refractivity contribution in [3.8, 4) is 0 Å². The first kappa shape index (κ1) is 21.6. The molecule has 0 fully saturated rings. The van der Waals surface area contributed by atoms with Gasteiger partial charge in [-0.3, -0.25) is 0 Å². The lowest BCUT2D eigenvalue weighted by molar-refractivity contribution is 0.0369. The number of hydrogen-bond donors (Lipinski definition) is 0. The van der Waals surface area contributed by atoms with Crippen LogP contribution in [0.2, 0.25) is 0 Å². The molecule has 0 saturated carbocycles. The lowest BCUT2D eigenvalue weighted by Crippen LogP contribution is -2.18. The van der Waals surface area contributed by atoms with Crippen molar-refractivity contribution in [3.63, 3.8) is 0 Å². The number of nitrogens with zero attached hydrogens (tertiary/aromatic N) is 1. The number of rotatable bonds is 10. The van der Waals surface area contributed by atoms with E-state index in [9.17, 15) is 4.79 Å². The normalized spacial score (nSPS) is 12.3. The van der Waals surface area contributed by atoms with Gasteiger partial charge in [0.25, 0.3) is 0 Å². The number of benzene rings is 1. The maximum atomic E-state index is 12.4. The van der Waals surface area contributed by atoms with Crippen molar-refractivity contribution in [2.75, 3.05) is 0 Å². The topological polar surface area (TPSA) is 39.2 Å². The fourth-order valence-corrected chi connectivity index (χ4v) is 3.00. The van der Waals surface area contributed by atoms with Crippen molar-refractivity contribution < 1.29 is 9.53 Å². The Kier molecular flexibility index (Phi) is 9.20. The largest absolute Gasteiger partial charge is 0.453 e. The first-order valence-corrected chi connectivity index (χ1v) is 10.0. The molecule has 0 aliphatic heterocycles. The van der Waals surface area contributed by atoms with Gasteiger partial charge in [-0.05, 0) is 76.6 Å². The molecule has 0 spiro atoms. The van der Waals surface area contributed by atoms with Crippen molar-refractivity contribution in [1.29, 1.82) is 0 Å². The second-order valence-electron chi connectivity index (χ2n) is 7.37. The highest BCUT2D eigenvalue weighted by Gasteiger charge is 2.15. The Bertz CT molecular complexity index is 775. The summed E-state index contributed by atoms with van der Waals surface area (Å²) in [5, 5.41) is 0. The molecule has 0 saturated heterocycles. The van der Waals surface area contributed by atoms with Gasteiger partial charge in [0.05, 0.1) is 0 Å². The van der Waals surface area contributed by atoms with Crippen LogP contribution in [-0.2, 0) is 11.2 Å². The Balaban J connectivity index is 1.99. The Morgan fingerprint density at radius 2 is 1.82 bits per heavy atom. The minimum Gasteiger partial charge on any atom is -0.453 e. The molecule has 0 N–H and O–H groups in total. The average molecular weight is 378 g/mol. The number of aryl methyl sites for hydroxylation is 1. The van der Waals surface area contributed by atoms with E-state index in [-0.39, 0.29) is 12.1 Å². The molecule has 3 nitrogen and oxygen atoms in total. The molecule has 1 aromatic heterocycles. The average Bonchev–Trinajstić information content (AvgIpc) is 2.69. The number of pyridine rings is 1. The van der Waals surface area contributed by atoms with Crippen LogP contribution in [0.5, 0.6) is 0 Å². The van der Waals surface area contributed by atoms with E-state index in [1.807, 2.05) is 6.07 Å². The summed E-state index contributed by atoms with van der Waals surface area (Å²) in [5.41, 5.74) is 4.23. The van der Waals surface area contributed by atoms with Crippen molar-refractivity contribution in [2.24, 2.45) is 0 Å². The van der Waals surface area contributed by atoms with Gasteiger partial charge in [0.15, 0.2) is 0 Å². The van der Waals surface area contributed by atoms with Crippen LogP contribution in [0.25, 0.3) is 0 Å². The molecule has 1 heterocycles. The van der Waals surface area contributed by atoms with Crippen LogP contribution >= 0.6 is 0 Å². The molecular weight excluding hydrogens is 346 g/mol. The summed E-state index contributed by atoms with van der Waals surface area (Å²) in [5.74, 6) is -0.362. The minimum absolute atomic E-state index is 0.232. The predicted octanol–water partition coefficient (Wildman–Crippen LogP) is 6.32. The third-order valence-corrected chi connectivity index (χ3v) is 4.49. The summed E-state index contributed by atoms with van der Waals surface area (Å²) >= 11 is 0. The smallest absolute Gasteiger partial charge is 0.357 e. The molecule has 148 valence electrons. The van der Waals surface area contributed by atoms with Gasteiger partial charge < -0.3 is 4.74 Å². The number of hydrogen-bond acceptors (Lipinski definition) is 3. The molecule has 28 heavy (non-hydrogen) atoms. The van der Waals surface area contributed by atoms with Crippen LogP contribution in [0, 0.1) is 0 Å². The highest BCUT2D eigenvalue weighted by atomic mass is 16.5. The molecule has 1 atom stereocenters. The Morgan fingerprint density at radius 1 is 1.07 bits per heavy atom.